The van der Waals surface area contributed by atoms with Crippen LogP contribution in [0.1, 0.15) is 25.3 Å². The molecule has 2 saturated heterocycles. The fraction of sp³-hybridized carbons (Fsp3) is 0.611. The van der Waals surface area contributed by atoms with E-state index < -0.39 is 0 Å². The Morgan fingerprint density at radius 2 is 2.29 bits per heavy atom. The molecule has 24 heavy (non-hydrogen) atoms. The largest absolute Gasteiger partial charge is 0.377 e. The summed E-state index contributed by atoms with van der Waals surface area (Å²) in [6.45, 7) is 5.53. The van der Waals surface area contributed by atoms with Gasteiger partial charge in [-0.1, -0.05) is 29.8 Å². The number of nitrogens with zero attached hydrogens (tertiary/aromatic N) is 1. The van der Waals surface area contributed by atoms with E-state index in [0.717, 1.165) is 36.5 Å². The molecular formula is C18H25ClN2O3. The number of hydrogen-bond acceptors (Lipinski definition) is 4. The maximum atomic E-state index is 11.7. The van der Waals surface area contributed by atoms with E-state index in [1.165, 1.54) is 0 Å². The Balaban J connectivity index is 1.51. The summed E-state index contributed by atoms with van der Waals surface area (Å²) in [6.07, 6.45) is 2.04. The fourth-order valence-electron chi connectivity index (χ4n) is 3.45. The van der Waals surface area contributed by atoms with Crippen LogP contribution < -0.4 is 5.32 Å². The number of carbonyl (C=O) groups excluding carboxylic acids is 1. The molecule has 6 heteroatoms. The minimum absolute atomic E-state index is 0.0868. The standard InChI is InChI=1S/C18H25ClN2O3/c1-14(22)21-8-9-23-13-18(12-21)7-6-16(24-18)11-20-10-15-4-2-3-5-17(15)19/h2-5,16,20H,6-13H2,1H3/t16-,18+/m1/s1. The first kappa shape index (κ1) is 17.7. The molecule has 1 aromatic carbocycles. The molecule has 1 N–H and O–H groups in total. The van der Waals surface area contributed by atoms with Crippen LogP contribution in [0.2, 0.25) is 5.02 Å². The van der Waals surface area contributed by atoms with Crippen LogP contribution in [0.15, 0.2) is 24.3 Å². The normalized spacial score (nSPS) is 27.4. The van der Waals surface area contributed by atoms with Crippen LogP contribution in [0.3, 0.4) is 0 Å². The molecule has 0 aliphatic carbocycles. The van der Waals surface area contributed by atoms with Crippen LogP contribution in [-0.2, 0) is 20.8 Å². The zero-order valence-corrected chi connectivity index (χ0v) is 14.8. The minimum Gasteiger partial charge on any atom is -0.377 e. The van der Waals surface area contributed by atoms with Gasteiger partial charge in [-0.2, -0.15) is 0 Å². The molecule has 1 amide bonds. The van der Waals surface area contributed by atoms with Gasteiger partial charge >= 0.3 is 0 Å². The van der Waals surface area contributed by atoms with E-state index in [1.54, 1.807) is 6.92 Å². The predicted molar refractivity (Wildman–Crippen MR) is 93.1 cm³/mol. The van der Waals surface area contributed by atoms with Gasteiger partial charge < -0.3 is 19.7 Å². The second-order valence-corrected chi connectivity index (χ2v) is 7.08. The third-order valence-corrected chi connectivity index (χ3v) is 5.15. The van der Waals surface area contributed by atoms with Gasteiger partial charge in [0.1, 0.15) is 5.60 Å². The number of hydrogen-bond donors (Lipinski definition) is 1. The van der Waals surface area contributed by atoms with Crippen molar-refractivity contribution in [2.75, 3.05) is 32.8 Å². The zero-order chi connectivity index (χ0) is 17.0. The summed E-state index contributed by atoms with van der Waals surface area (Å²) >= 11 is 6.17. The van der Waals surface area contributed by atoms with Crippen molar-refractivity contribution < 1.29 is 14.3 Å². The minimum atomic E-state index is -0.348. The summed E-state index contributed by atoms with van der Waals surface area (Å²) in [7, 11) is 0. The van der Waals surface area contributed by atoms with Crippen LogP contribution in [0, 0.1) is 0 Å². The Bertz CT molecular complexity index is 583. The van der Waals surface area contributed by atoms with Crippen molar-refractivity contribution >= 4 is 17.5 Å². The van der Waals surface area contributed by atoms with Crippen molar-refractivity contribution in [3.63, 3.8) is 0 Å². The van der Waals surface area contributed by atoms with Crippen LogP contribution >= 0.6 is 11.6 Å². The first-order valence-electron chi connectivity index (χ1n) is 8.53. The molecule has 2 aliphatic heterocycles. The number of rotatable bonds is 4. The van der Waals surface area contributed by atoms with Crippen LogP contribution in [0.25, 0.3) is 0 Å². The summed E-state index contributed by atoms with van der Waals surface area (Å²) in [6, 6.07) is 7.85. The molecule has 2 fully saturated rings. The van der Waals surface area contributed by atoms with Gasteiger partial charge in [0, 0.05) is 31.6 Å². The summed E-state index contributed by atoms with van der Waals surface area (Å²) in [4.78, 5) is 13.6. The maximum Gasteiger partial charge on any atom is 0.219 e. The lowest BCUT2D eigenvalue weighted by Gasteiger charge is -2.31. The lowest BCUT2D eigenvalue weighted by atomic mass is 10.00. The molecule has 1 spiro atoms. The van der Waals surface area contributed by atoms with Gasteiger partial charge in [-0.25, -0.2) is 0 Å². The molecule has 0 saturated carbocycles. The van der Waals surface area contributed by atoms with E-state index in [9.17, 15) is 4.79 Å². The van der Waals surface area contributed by atoms with E-state index in [2.05, 4.69) is 5.32 Å². The van der Waals surface area contributed by atoms with E-state index >= 15 is 0 Å². The number of halogens is 1. The van der Waals surface area contributed by atoms with E-state index in [-0.39, 0.29) is 17.6 Å². The van der Waals surface area contributed by atoms with Gasteiger partial charge in [-0.3, -0.25) is 4.79 Å². The Morgan fingerprint density at radius 3 is 3.08 bits per heavy atom. The lowest BCUT2D eigenvalue weighted by molar-refractivity contribution is -0.133. The van der Waals surface area contributed by atoms with Crippen molar-refractivity contribution in [3.8, 4) is 0 Å². The van der Waals surface area contributed by atoms with Gasteiger partial charge in [0.15, 0.2) is 0 Å². The van der Waals surface area contributed by atoms with Gasteiger partial charge in [-0.15, -0.1) is 0 Å². The van der Waals surface area contributed by atoms with Crippen LogP contribution in [0.5, 0.6) is 0 Å². The van der Waals surface area contributed by atoms with Crippen LogP contribution in [0.4, 0.5) is 0 Å². The average Bonchev–Trinajstić information content (AvgIpc) is 2.82. The molecule has 132 valence electrons. The van der Waals surface area contributed by atoms with Crippen molar-refractivity contribution in [3.05, 3.63) is 34.9 Å². The highest BCUT2D eigenvalue weighted by molar-refractivity contribution is 6.31. The monoisotopic (exact) mass is 352 g/mol. The van der Waals surface area contributed by atoms with E-state index in [4.69, 9.17) is 21.1 Å². The topological polar surface area (TPSA) is 50.8 Å². The van der Waals surface area contributed by atoms with E-state index in [1.807, 2.05) is 29.2 Å². The summed E-state index contributed by atoms with van der Waals surface area (Å²) in [5.74, 6) is 0.0868. The first-order valence-corrected chi connectivity index (χ1v) is 8.91. The van der Waals surface area contributed by atoms with Gasteiger partial charge in [0.25, 0.3) is 0 Å². The SMILES string of the molecule is CC(=O)N1CCOC[C@]2(CC[C@H](CNCc3ccccc3Cl)O2)C1. The van der Waals surface area contributed by atoms with Crippen molar-refractivity contribution in [1.82, 2.24) is 10.2 Å². The fourth-order valence-corrected chi connectivity index (χ4v) is 3.65. The first-order chi connectivity index (χ1) is 11.6. The highest BCUT2D eigenvalue weighted by Crippen LogP contribution is 2.33. The molecule has 2 heterocycles. The van der Waals surface area contributed by atoms with Crippen molar-refractivity contribution in [2.45, 2.75) is 38.0 Å². The van der Waals surface area contributed by atoms with Crippen molar-refractivity contribution in [1.29, 1.82) is 0 Å². The van der Waals surface area contributed by atoms with Crippen molar-refractivity contribution in [2.24, 2.45) is 0 Å². The third kappa shape index (κ3) is 4.28. The molecule has 0 aromatic heterocycles. The number of ether oxygens (including phenoxy) is 2. The Kier molecular flexibility index (Phi) is 5.76. The number of amides is 1. The molecule has 3 rings (SSSR count). The Hall–Kier alpha value is -1.14. The Labute approximate surface area is 148 Å². The summed E-state index contributed by atoms with van der Waals surface area (Å²) < 4.78 is 12.0. The maximum absolute atomic E-state index is 11.7. The molecule has 0 unspecified atom stereocenters. The Morgan fingerprint density at radius 1 is 1.46 bits per heavy atom. The average molecular weight is 353 g/mol. The van der Waals surface area contributed by atoms with Gasteiger partial charge in [0.2, 0.25) is 5.91 Å². The number of nitrogens with one attached hydrogen (secondary N) is 1. The number of benzene rings is 1. The molecule has 0 radical (unpaired) electrons. The molecule has 5 nitrogen and oxygen atoms in total. The molecule has 1 aromatic rings. The second kappa shape index (κ2) is 7.83. The molecule has 2 aliphatic rings. The highest BCUT2D eigenvalue weighted by atomic mass is 35.5. The zero-order valence-electron chi connectivity index (χ0n) is 14.1. The number of carbonyl (C=O) groups is 1. The third-order valence-electron chi connectivity index (χ3n) is 4.78. The summed E-state index contributed by atoms with van der Waals surface area (Å²) in [5, 5.41) is 4.21. The molecular weight excluding hydrogens is 328 g/mol. The smallest absolute Gasteiger partial charge is 0.219 e. The van der Waals surface area contributed by atoms with Gasteiger partial charge in [0.05, 0.1) is 25.9 Å². The highest BCUT2D eigenvalue weighted by Gasteiger charge is 2.43. The van der Waals surface area contributed by atoms with Crippen LogP contribution in [-0.4, -0.2) is 55.4 Å². The van der Waals surface area contributed by atoms with Gasteiger partial charge in [-0.05, 0) is 24.5 Å². The predicted octanol–water partition coefficient (Wildman–Crippen LogP) is 2.23. The summed E-state index contributed by atoms with van der Waals surface area (Å²) in [5.41, 5.74) is 0.742. The lowest BCUT2D eigenvalue weighted by Crippen LogP contribution is -2.46. The van der Waals surface area contributed by atoms with E-state index in [0.29, 0.717) is 26.3 Å². The molecule has 2 atom stereocenters. The second-order valence-electron chi connectivity index (χ2n) is 6.68. The quantitative estimate of drug-likeness (QED) is 0.902. The molecule has 0 bridgehead atoms.